The summed E-state index contributed by atoms with van der Waals surface area (Å²) < 4.78 is 0. The van der Waals surface area contributed by atoms with Gasteiger partial charge in [-0.15, -0.1) is 0 Å². The molecule has 0 spiro atoms. The Morgan fingerprint density at radius 1 is 0.978 bits per heavy atom. The number of nitrogens with one attached hydrogen (secondary N) is 2. The van der Waals surface area contributed by atoms with Crippen LogP contribution >= 0.6 is 0 Å². The molecule has 1 saturated carbocycles. The van der Waals surface area contributed by atoms with Crippen molar-refractivity contribution in [3.05, 3.63) is 65.7 Å². The van der Waals surface area contributed by atoms with Crippen LogP contribution < -0.4 is 22.1 Å². The van der Waals surface area contributed by atoms with Gasteiger partial charge in [0.2, 0.25) is 17.7 Å². The summed E-state index contributed by atoms with van der Waals surface area (Å²) >= 11 is 0. The van der Waals surface area contributed by atoms with Crippen LogP contribution in [0, 0.1) is 5.92 Å². The smallest absolute Gasteiger partial charge is 0.249 e. The number of rotatable bonds is 14. The highest BCUT2D eigenvalue weighted by molar-refractivity contribution is 5.94. The minimum absolute atomic E-state index is 0.0414. The number of phenols is 1. The molecule has 7 atom stereocenters. The molecule has 13 heteroatoms. The number of aldehydes is 1. The highest BCUT2D eigenvalue weighted by atomic mass is 16.3. The van der Waals surface area contributed by atoms with E-state index in [2.05, 4.69) is 15.6 Å². The molecule has 2 aromatic carbocycles. The molecule has 1 saturated heterocycles. The van der Waals surface area contributed by atoms with Crippen molar-refractivity contribution in [3.63, 3.8) is 0 Å². The third kappa shape index (κ3) is 9.27. The third-order valence-electron chi connectivity index (χ3n) is 8.73. The van der Waals surface area contributed by atoms with Crippen molar-refractivity contribution in [2.75, 3.05) is 6.54 Å². The minimum Gasteiger partial charge on any atom is -0.508 e. The molecule has 46 heavy (non-hydrogen) atoms. The van der Waals surface area contributed by atoms with E-state index < -0.39 is 54.1 Å². The van der Waals surface area contributed by atoms with Gasteiger partial charge in [0, 0.05) is 25.4 Å². The number of hydrogen-bond donors (Lipinski definition) is 7. The number of phenolic OH excluding ortho intramolecular Hbond substituents is 1. The number of carbonyl (C=O) groups excluding carboxylic acids is 4. The SMILES string of the molecule is NC(N)=NCCC[C@@H](C=O)NC(=O)[C@@H]1C[C@@H]2CC[C@@H](O)C[C@@H]2N1C(=O)[C@@H](Cc1ccccc1)NC(=O)[C@H](O)Cc1ccc(O)cc1. The summed E-state index contributed by atoms with van der Waals surface area (Å²) in [5, 5.41) is 36.3. The monoisotopic (exact) mass is 636 g/mol. The molecule has 3 amide bonds. The number of benzene rings is 2. The van der Waals surface area contributed by atoms with Crippen molar-refractivity contribution in [1.82, 2.24) is 15.5 Å². The van der Waals surface area contributed by atoms with E-state index in [0.717, 1.165) is 5.56 Å². The van der Waals surface area contributed by atoms with E-state index in [-0.39, 0.29) is 43.4 Å². The molecule has 4 rings (SSSR count). The fraction of sp³-hybridized carbons (Fsp3) is 0.485. The van der Waals surface area contributed by atoms with E-state index in [4.69, 9.17) is 11.5 Å². The molecule has 1 aliphatic carbocycles. The van der Waals surface area contributed by atoms with E-state index in [1.165, 1.54) is 17.0 Å². The maximum atomic E-state index is 14.4. The quantitative estimate of drug-likeness (QED) is 0.0635. The van der Waals surface area contributed by atoms with Gasteiger partial charge in [0.25, 0.3) is 0 Å². The summed E-state index contributed by atoms with van der Waals surface area (Å²) in [5.74, 6) is -1.82. The van der Waals surface area contributed by atoms with Gasteiger partial charge >= 0.3 is 0 Å². The van der Waals surface area contributed by atoms with Gasteiger partial charge in [0.15, 0.2) is 5.96 Å². The van der Waals surface area contributed by atoms with Crippen LogP contribution in [0.3, 0.4) is 0 Å². The van der Waals surface area contributed by atoms with Crippen LogP contribution in [0.25, 0.3) is 0 Å². The summed E-state index contributed by atoms with van der Waals surface area (Å²) in [6.07, 6.45) is 1.12. The zero-order valence-corrected chi connectivity index (χ0v) is 25.7. The van der Waals surface area contributed by atoms with E-state index >= 15 is 0 Å². The second kappa shape index (κ2) is 16.2. The number of nitrogens with two attached hydrogens (primary N) is 2. The number of aromatic hydroxyl groups is 1. The molecular weight excluding hydrogens is 592 g/mol. The number of aliphatic hydroxyl groups is 2. The fourth-order valence-electron chi connectivity index (χ4n) is 6.40. The first-order valence-corrected chi connectivity index (χ1v) is 15.7. The van der Waals surface area contributed by atoms with Gasteiger partial charge in [-0.25, -0.2) is 0 Å². The number of fused-ring (bicyclic) bond motifs is 1. The van der Waals surface area contributed by atoms with E-state index in [9.17, 15) is 34.5 Å². The predicted octanol–water partition coefficient (Wildman–Crippen LogP) is -0.109. The normalized spacial score (nSPS) is 22.5. The summed E-state index contributed by atoms with van der Waals surface area (Å²) in [7, 11) is 0. The molecule has 9 N–H and O–H groups in total. The van der Waals surface area contributed by atoms with Crippen LogP contribution in [0.5, 0.6) is 5.75 Å². The van der Waals surface area contributed by atoms with Crippen LogP contribution in [0.1, 0.15) is 49.7 Å². The van der Waals surface area contributed by atoms with Crippen molar-refractivity contribution < 1.29 is 34.5 Å². The van der Waals surface area contributed by atoms with Crippen molar-refractivity contribution in [2.24, 2.45) is 22.4 Å². The van der Waals surface area contributed by atoms with Gasteiger partial charge in [-0.2, -0.15) is 0 Å². The molecule has 13 nitrogen and oxygen atoms in total. The molecule has 0 aromatic heterocycles. The Balaban J connectivity index is 1.56. The molecule has 1 heterocycles. The number of carbonyl (C=O) groups is 4. The second-order valence-electron chi connectivity index (χ2n) is 12.1. The summed E-state index contributed by atoms with van der Waals surface area (Å²) in [5.41, 5.74) is 12.1. The standard InChI is InChI=1S/C33H44N6O7/c34-33(35)36-14-4-7-23(19-40)37-30(44)28-17-22-10-13-25(42)18-27(22)39(28)32(46)26(15-20-5-2-1-3-6-20)38-31(45)29(43)16-21-8-11-24(41)12-9-21/h1-3,5-6,8-9,11-12,19,22-23,25-29,41-43H,4,7,10,13-18H2,(H,37,44)(H,38,45)(H4,34,35,36)/t22-,23-,25+,26+,27-,28-,29+/m0/s1. The molecular formula is C33H44N6O7. The van der Waals surface area contributed by atoms with Gasteiger partial charge in [0.05, 0.1) is 12.1 Å². The molecule has 0 radical (unpaired) electrons. The first-order chi connectivity index (χ1) is 22.0. The van der Waals surface area contributed by atoms with Crippen molar-refractivity contribution >= 4 is 30.0 Å². The lowest BCUT2D eigenvalue weighted by Gasteiger charge is -2.37. The number of aliphatic imine (C=N–C) groups is 1. The molecule has 2 fully saturated rings. The number of nitrogens with zero attached hydrogens (tertiary/aromatic N) is 2. The number of amides is 3. The van der Waals surface area contributed by atoms with Crippen molar-refractivity contribution in [1.29, 1.82) is 0 Å². The molecule has 0 unspecified atom stereocenters. The average molecular weight is 637 g/mol. The van der Waals surface area contributed by atoms with Gasteiger partial charge in [-0.05, 0) is 67.7 Å². The lowest BCUT2D eigenvalue weighted by atomic mass is 9.83. The number of aliphatic hydroxyl groups excluding tert-OH is 2. The molecule has 2 aliphatic rings. The van der Waals surface area contributed by atoms with Gasteiger partial charge < -0.3 is 47.1 Å². The second-order valence-corrected chi connectivity index (χ2v) is 12.1. The Labute approximate surface area is 268 Å². The maximum Gasteiger partial charge on any atom is 0.249 e. The maximum absolute atomic E-state index is 14.4. The van der Waals surface area contributed by atoms with Crippen LogP contribution in [-0.4, -0.2) is 93.1 Å². The summed E-state index contributed by atoms with van der Waals surface area (Å²) in [6, 6.07) is 11.9. The lowest BCUT2D eigenvalue weighted by molar-refractivity contribution is -0.145. The summed E-state index contributed by atoms with van der Waals surface area (Å²) in [6.45, 7) is 0.290. The largest absolute Gasteiger partial charge is 0.508 e. The molecule has 1 aliphatic heterocycles. The molecule has 0 bridgehead atoms. The zero-order chi connectivity index (χ0) is 33.2. The highest BCUT2D eigenvalue weighted by Crippen LogP contribution is 2.40. The van der Waals surface area contributed by atoms with Crippen LogP contribution in [0.4, 0.5) is 0 Å². The Morgan fingerprint density at radius 2 is 1.67 bits per heavy atom. The third-order valence-corrected chi connectivity index (χ3v) is 8.73. The van der Waals surface area contributed by atoms with E-state index in [1.54, 1.807) is 12.1 Å². The van der Waals surface area contributed by atoms with E-state index in [0.29, 0.717) is 44.0 Å². The topological polar surface area (TPSA) is 221 Å². The Kier molecular flexibility index (Phi) is 12.1. The molecule has 2 aromatic rings. The van der Waals surface area contributed by atoms with Gasteiger partial charge in [-0.1, -0.05) is 42.5 Å². The fourth-order valence-corrected chi connectivity index (χ4v) is 6.40. The van der Waals surface area contributed by atoms with Crippen LogP contribution in [0.2, 0.25) is 0 Å². The van der Waals surface area contributed by atoms with Gasteiger partial charge in [0.1, 0.15) is 30.2 Å². The minimum atomic E-state index is -1.48. The number of likely N-dealkylation sites (tertiary alicyclic amines) is 1. The number of guanidine groups is 1. The predicted molar refractivity (Wildman–Crippen MR) is 170 cm³/mol. The first kappa shape index (κ1) is 34.4. The summed E-state index contributed by atoms with van der Waals surface area (Å²) in [4.78, 5) is 58.6. The Morgan fingerprint density at radius 3 is 2.35 bits per heavy atom. The zero-order valence-electron chi connectivity index (χ0n) is 25.7. The van der Waals surface area contributed by atoms with Crippen molar-refractivity contribution in [2.45, 2.75) is 87.7 Å². The Bertz CT molecular complexity index is 1370. The highest BCUT2D eigenvalue weighted by Gasteiger charge is 2.50. The van der Waals surface area contributed by atoms with Crippen molar-refractivity contribution in [3.8, 4) is 5.75 Å². The van der Waals surface area contributed by atoms with E-state index in [1.807, 2.05) is 30.3 Å². The average Bonchev–Trinajstić information content (AvgIpc) is 3.42. The Hall–Kier alpha value is -4.49. The van der Waals surface area contributed by atoms with Crippen LogP contribution in [0.15, 0.2) is 59.6 Å². The number of hydrogen-bond acceptors (Lipinski definition) is 8. The molecule has 248 valence electrons. The van der Waals surface area contributed by atoms with Crippen LogP contribution in [-0.2, 0) is 32.0 Å². The first-order valence-electron chi connectivity index (χ1n) is 15.7. The van der Waals surface area contributed by atoms with Gasteiger partial charge in [-0.3, -0.25) is 19.4 Å². The lowest BCUT2D eigenvalue weighted by Crippen LogP contribution is -2.59.